The summed E-state index contributed by atoms with van der Waals surface area (Å²) >= 11 is 5.89. The van der Waals surface area contributed by atoms with E-state index >= 15 is 0 Å². The number of nitrogens with zero attached hydrogens (tertiary/aromatic N) is 8. The van der Waals surface area contributed by atoms with E-state index in [1.54, 1.807) is 31.0 Å². The average molecular weight is 978 g/mol. The number of ether oxygens (including phenoxy) is 1. The van der Waals surface area contributed by atoms with Crippen LogP contribution in [-0.4, -0.2) is 88.3 Å². The van der Waals surface area contributed by atoms with Crippen molar-refractivity contribution in [1.29, 1.82) is 0 Å². The van der Waals surface area contributed by atoms with Gasteiger partial charge in [-0.3, -0.25) is 9.59 Å². The second-order valence-electron chi connectivity index (χ2n) is 14.2. The third-order valence-electron chi connectivity index (χ3n) is 8.90. The Labute approximate surface area is 373 Å². The lowest BCUT2D eigenvalue weighted by Gasteiger charge is -2.26. The first-order chi connectivity index (χ1) is 30.4. The van der Waals surface area contributed by atoms with Crippen molar-refractivity contribution in [2.45, 2.75) is 62.4 Å². The predicted octanol–water partition coefficient (Wildman–Crippen LogP) is 7.41. The van der Waals surface area contributed by atoms with Crippen molar-refractivity contribution in [1.82, 2.24) is 30.6 Å². The number of sulfone groups is 1. The molecule has 3 aromatic heterocycles. The van der Waals surface area contributed by atoms with Crippen LogP contribution < -0.4 is 15.0 Å². The molecule has 0 spiro atoms. The largest absolute Gasteiger partial charge is 0.459 e. The van der Waals surface area contributed by atoms with Gasteiger partial charge >= 0.3 is 12.4 Å². The molecule has 1 aliphatic heterocycles. The first kappa shape index (κ1) is 49.7. The van der Waals surface area contributed by atoms with Gasteiger partial charge in [0, 0.05) is 55.3 Å². The highest BCUT2D eigenvalue weighted by molar-refractivity contribution is 7.90. The van der Waals surface area contributed by atoms with Gasteiger partial charge in [0.05, 0.1) is 22.2 Å². The summed E-state index contributed by atoms with van der Waals surface area (Å²) in [5, 5.41) is 24.4. The molecule has 5 aromatic rings. The molecule has 1 aliphatic carbocycles. The number of hydrazone groups is 1. The first-order valence-electron chi connectivity index (χ1n) is 18.8. The molecule has 0 atom stereocenters. The Morgan fingerprint density at radius 1 is 1.05 bits per heavy atom. The number of carbonyl (C=O) groups excluding carboxylic acids is 2. The number of ketones is 1. The Kier molecular flexibility index (Phi) is 15.8. The topological polar surface area (TPSA) is 216 Å². The van der Waals surface area contributed by atoms with Gasteiger partial charge < -0.3 is 24.4 Å². The Hall–Kier alpha value is -6.28. The van der Waals surface area contributed by atoms with Crippen molar-refractivity contribution < 1.29 is 63.0 Å². The number of amides is 1. The lowest BCUT2D eigenvalue weighted by atomic mass is 10.0. The molecule has 1 saturated heterocycles. The second-order valence-corrected chi connectivity index (χ2v) is 17.5. The van der Waals surface area contributed by atoms with E-state index in [-0.39, 0.29) is 45.6 Å². The summed E-state index contributed by atoms with van der Waals surface area (Å²) in [5.74, 6) is -0.987. The minimum atomic E-state index is -4.71. The van der Waals surface area contributed by atoms with Crippen LogP contribution in [0.3, 0.4) is 0 Å². The molecule has 0 bridgehead atoms. The number of hydrogen-bond donors (Lipinski definition) is 1. The molecule has 27 heteroatoms. The number of anilines is 1. The number of alkyl halides is 6. The maximum atomic E-state index is 13.0. The molecule has 0 radical (unpaired) electrons. The standard InChI is InChI=1S/C15H12F3NO4S.C14H13F4N3O2S.C9H10ClN5O2/c1-24(21,22)12-6-9(15(16,17)18)4-5-10(12)13(20)11-7-19-23-14(11)8-2-3-8;1-8(2)21(10-5-3-9(15)4-6-10)11(22)7-23-13-20-19-12(24-13)14(16,17)18;10-8-2-1-7(5-12-8)6-14-4-3-11-9(14)13-15(16)17/h4-8H,2-3H2,1H3;3-6,8H,7H2,1-2H3;1-2,5H,3-4,6H2,(H,11,13). The van der Waals surface area contributed by atoms with E-state index in [0.717, 1.165) is 30.7 Å². The Balaban J connectivity index is 0.000000186. The van der Waals surface area contributed by atoms with E-state index in [0.29, 0.717) is 48.4 Å². The predicted molar refractivity (Wildman–Crippen MR) is 218 cm³/mol. The van der Waals surface area contributed by atoms with Gasteiger partial charge in [0.1, 0.15) is 16.1 Å². The second kappa shape index (κ2) is 20.7. The molecule has 1 amide bonds. The van der Waals surface area contributed by atoms with Crippen LogP contribution >= 0.6 is 22.9 Å². The normalized spacial score (nSPS) is 14.5. The summed E-state index contributed by atoms with van der Waals surface area (Å²) in [4.78, 5) is 41.7. The highest BCUT2D eigenvalue weighted by Crippen LogP contribution is 2.42. The van der Waals surface area contributed by atoms with Crippen LogP contribution in [0.1, 0.15) is 70.4 Å². The molecule has 2 aromatic carbocycles. The van der Waals surface area contributed by atoms with Crippen molar-refractivity contribution in [3.63, 3.8) is 0 Å². The van der Waals surface area contributed by atoms with Crippen LogP contribution in [0.2, 0.25) is 5.15 Å². The minimum Gasteiger partial charge on any atom is -0.459 e. The zero-order valence-corrected chi connectivity index (χ0v) is 36.3. The zero-order valence-electron chi connectivity index (χ0n) is 33.9. The van der Waals surface area contributed by atoms with Gasteiger partial charge in [-0.25, -0.2) is 27.9 Å². The van der Waals surface area contributed by atoms with Gasteiger partial charge in [0.25, 0.3) is 17.1 Å². The zero-order chi connectivity index (χ0) is 47.9. The number of carbonyl (C=O) groups is 2. The Bertz CT molecular complexity index is 2620. The molecule has 7 rings (SSSR count). The molecule has 2 aliphatic rings. The summed E-state index contributed by atoms with van der Waals surface area (Å²) < 4.78 is 123. The monoisotopic (exact) mass is 977 g/mol. The molecule has 0 unspecified atom stereocenters. The van der Waals surface area contributed by atoms with E-state index in [2.05, 4.69) is 30.8 Å². The number of pyridine rings is 1. The minimum absolute atomic E-state index is 0.0441. The third-order valence-corrected chi connectivity index (χ3v) is 11.1. The number of nitrogens with one attached hydrogen (secondary N) is 1. The van der Waals surface area contributed by atoms with Crippen LogP contribution in [-0.2, 0) is 33.5 Å². The molecular weight excluding hydrogens is 943 g/mol. The van der Waals surface area contributed by atoms with Crippen molar-refractivity contribution >= 4 is 56.1 Å². The smallest absolute Gasteiger partial charge is 0.445 e. The van der Waals surface area contributed by atoms with E-state index < -0.39 is 66.8 Å². The van der Waals surface area contributed by atoms with E-state index in [9.17, 15) is 58.9 Å². The Morgan fingerprint density at radius 2 is 1.74 bits per heavy atom. The quantitative estimate of drug-likeness (QED) is 0.0424. The Morgan fingerprint density at radius 3 is 2.29 bits per heavy atom. The molecule has 17 nitrogen and oxygen atoms in total. The van der Waals surface area contributed by atoms with Gasteiger partial charge in [-0.05, 0) is 80.8 Å². The molecular formula is C38H35ClF7N9O8S2. The lowest BCUT2D eigenvalue weighted by molar-refractivity contribution is -0.485. The van der Waals surface area contributed by atoms with Crippen LogP contribution in [0.4, 0.5) is 36.4 Å². The molecule has 1 N–H and O–H groups in total. The fraction of sp³-hybridized carbons (Fsp3) is 0.342. The first-order valence-corrected chi connectivity index (χ1v) is 21.8. The fourth-order valence-electron chi connectivity index (χ4n) is 5.88. The maximum Gasteiger partial charge on any atom is 0.445 e. The summed E-state index contributed by atoms with van der Waals surface area (Å²) in [6.45, 7) is 4.82. The van der Waals surface area contributed by atoms with Crippen molar-refractivity contribution in [2.24, 2.45) is 5.10 Å². The fourth-order valence-corrected chi connectivity index (χ4v) is 7.45. The molecule has 348 valence electrons. The van der Waals surface area contributed by atoms with Crippen molar-refractivity contribution in [2.75, 3.05) is 30.9 Å². The molecule has 4 heterocycles. The van der Waals surface area contributed by atoms with E-state index in [4.69, 9.17) is 20.9 Å². The van der Waals surface area contributed by atoms with Gasteiger partial charge in [-0.15, -0.1) is 5.10 Å². The van der Waals surface area contributed by atoms with E-state index in [1.165, 1.54) is 35.4 Å². The number of benzene rings is 2. The van der Waals surface area contributed by atoms with Gasteiger partial charge in [0.2, 0.25) is 5.01 Å². The van der Waals surface area contributed by atoms with Crippen LogP contribution in [0.15, 0.2) is 81.5 Å². The summed E-state index contributed by atoms with van der Waals surface area (Å²) in [5.41, 5.74) is 0.00682. The van der Waals surface area contributed by atoms with Crippen molar-refractivity contribution in [3.05, 3.63) is 121 Å². The summed E-state index contributed by atoms with van der Waals surface area (Å²) in [6, 6.07) is 10.6. The number of halogens is 8. The van der Waals surface area contributed by atoms with Crippen LogP contribution in [0.25, 0.3) is 0 Å². The average Bonchev–Trinajstić information content (AvgIpc) is 3.53. The summed E-state index contributed by atoms with van der Waals surface area (Å²) in [7, 11) is -4.04. The number of hydrogen-bond acceptors (Lipinski definition) is 13. The third kappa shape index (κ3) is 13.9. The van der Waals surface area contributed by atoms with Gasteiger partial charge in [-0.2, -0.15) is 26.3 Å². The number of rotatable bonds is 12. The van der Waals surface area contributed by atoms with Crippen LogP contribution in [0.5, 0.6) is 5.19 Å². The van der Waals surface area contributed by atoms with Gasteiger partial charge in [0.15, 0.2) is 33.0 Å². The van der Waals surface area contributed by atoms with Crippen molar-refractivity contribution in [3.8, 4) is 5.19 Å². The number of aromatic nitrogens is 4. The molecule has 2 fully saturated rings. The number of guanidine groups is 1. The summed E-state index contributed by atoms with van der Waals surface area (Å²) in [6.07, 6.45) is -4.11. The van der Waals surface area contributed by atoms with Gasteiger partial charge in [-0.1, -0.05) is 39.3 Å². The highest BCUT2D eigenvalue weighted by atomic mass is 35.5. The molecule has 65 heavy (non-hydrogen) atoms. The highest BCUT2D eigenvalue weighted by Gasteiger charge is 2.37. The van der Waals surface area contributed by atoms with E-state index in [1.807, 2.05) is 6.07 Å². The molecule has 1 saturated carbocycles. The number of nitro groups is 1. The lowest BCUT2D eigenvalue weighted by Crippen LogP contribution is -2.40. The maximum absolute atomic E-state index is 13.0. The SMILES string of the molecule is CC(C)N(C(=O)COc1nnc(C(F)(F)F)s1)c1ccc(F)cc1.CS(=O)(=O)c1cc(C(F)(F)F)ccc1C(=O)c1cnoc1C1CC1.O=[N+]([O-])/N=C1\NCCN1Cc1ccc(Cl)nc1. The van der Waals surface area contributed by atoms with Crippen LogP contribution in [0, 0.1) is 15.9 Å².